The molecule has 0 aliphatic carbocycles. The number of ether oxygens (including phenoxy) is 3. The van der Waals surface area contributed by atoms with Crippen molar-refractivity contribution >= 4 is 41.0 Å². The van der Waals surface area contributed by atoms with E-state index in [0.29, 0.717) is 50.6 Å². The van der Waals surface area contributed by atoms with Gasteiger partial charge in [0.2, 0.25) is 5.91 Å². The van der Waals surface area contributed by atoms with E-state index in [2.05, 4.69) is 11.4 Å². The molecule has 2 N–H and O–H groups in total. The molecular weight excluding hydrogens is 813 g/mol. The molecule has 10 nitrogen and oxygen atoms in total. The fourth-order valence-corrected chi connectivity index (χ4v) is 7.88. The summed E-state index contributed by atoms with van der Waals surface area (Å²) in [7, 11) is 0. The van der Waals surface area contributed by atoms with Crippen molar-refractivity contribution in [3.8, 4) is 34.4 Å². The zero-order chi connectivity index (χ0) is 42.6. The van der Waals surface area contributed by atoms with Crippen LogP contribution in [-0.4, -0.2) is 46.5 Å². The van der Waals surface area contributed by atoms with Crippen LogP contribution in [0, 0.1) is 18.3 Å². The number of hydrogen-bond acceptors (Lipinski definition) is 7. The fraction of sp³-hybridized carbons (Fsp3) is 0.184. The highest BCUT2D eigenvalue weighted by Gasteiger charge is 2.38. The molecule has 12 heteroatoms. The summed E-state index contributed by atoms with van der Waals surface area (Å²) in [6.07, 6.45) is -0.256. The maximum absolute atomic E-state index is 14.2. The highest BCUT2D eigenvalue weighted by Crippen LogP contribution is 2.41. The minimum Gasteiger partial charge on any atom is -0.489 e. The summed E-state index contributed by atoms with van der Waals surface area (Å²) in [5, 5.41) is 23.1. The number of amides is 2. The Bertz CT molecular complexity index is 2660. The van der Waals surface area contributed by atoms with E-state index in [1.807, 2.05) is 91.9 Å². The van der Waals surface area contributed by atoms with E-state index in [-0.39, 0.29) is 31.9 Å². The minimum atomic E-state index is -1.26. The van der Waals surface area contributed by atoms with Gasteiger partial charge >= 0.3 is 5.97 Å². The Kier molecular flexibility index (Phi) is 12.0. The molecule has 306 valence electrons. The first-order valence-electron chi connectivity index (χ1n) is 19.6. The standard InChI is InChI=1S/C49H39Cl2N3O7/c1-29-3-2-4-36(19-29)48(56)54-26-38-24-45-44(60-28-46(61-45)35-14-16-39(17-15-35)59-27-32-9-18-40(50)41(51)20-32)23-37(38)22-43(54)47(55)53-42(49(57)58)21-30-5-10-33(11-6-30)34-12-7-31(25-52)8-13-34/h2-20,23-24,42-43,46H,21-22,26-28H2,1H3,(H,53,55)(H,57,58)/t42-,43-,46?/m0/s1. The quantitative estimate of drug-likeness (QED) is 0.132. The van der Waals surface area contributed by atoms with Gasteiger partial charge in [0.1, 0.15) is 31.0 Å². The smallest absolute Gasteiger partial charge is 0.326 e. The van der Waals surface area contributed by atoms with Crippen molar-refractivity contribution in [1.82, 2.24) is 10.2 Å². The number of nitrogens with one attached hydrogen (secondary N) is 1. The first-order chi connectivity index (χ1) is 29.5. The molecule has 1 unspecified atom stereocenters. The Hall–Kier alpha value is -6.80. The number of fused-ring (bicyclic) bond motifs is 2. The Morgan fingerprint density at radius 3 is 2.25 bits per heavy atom. The predicted octanol–water partition coefficient (Wildman–Crippen LogP) is 9.31. The van der Waals surface area contributed by atoms with Crippen LogP contribution in [0.25, 0.3) is 11.1 Å². The van der Waals surface area contributed by atoms with Crippen LogP contribution in [-0.2, 0) is 35.6 Å². The van der Waals surface area contributed by atoms with Crippen molar-refractivity contribution in [2.24, 2.45) is 0 Å². The SMILES string of the molecule is Cc1cccc(C(=O)N2Cc3cc4c(cc3C[C@H]2C(=O)N[C@@H](Cc2ccc(-c3ccc(C#N)cc3)cc2)C(=O)O)OCC(c2ccc(OCc3ccc(Cl)c(Cl)c3)cc2)O4)c1. The molecule has 2 aliphatic heterocycles. The summed E-state index contributed by atoms with van der Waals surface area (Å²) in [4.78, 5) is 42.5. The maximum Gasteiger partial charge on any atom is 0.326 e. The summed E-state index contributed by atoms with van der Waals surface area (Å²) in [6.45, 7) is 2.53. The van der Waals surface area contributed by atoms with Gasteiger partial charge in [-0.1, -0.05) is 95.5 Å². The number of carboxylic acid groups (broad SMARTS) is 1. The predicted molar refractivity (Wildman–Crippen MR) is 231 cm³/mol. The van der Waals surface area contributed by atoms with Crippen molar-refractivity contribution in [2.45, 2.75) is 51.1 Å². The molecule has 2 heterocycles. The monoisotopic (exact) mass is 851 g/mol. The van der Waals surface area contributed by atoms with E-state index in [4.69, 9.17) is 42.7 Å². The number of hydrogen-bond donors (Lipinski definition) is 2. The molecule has 0 spiro atoms. The summed E-state index contributed by atoms with van der Waals surface area (Å²) in [5.41, 5.74) is 7.73. The van der Waals surface area contributed by atoms with E-state index in [0.717, 1.165) is 38.9 Å². The number of aryl methyl sites for hydroxylation is 1. The van der Waals surface area contributed by atoms with Crippen molar-refractivity contribution in [1.29, 1.82) is 5.26 Å². The van der Waals surface area contributed by atoms with Crippen LogP contribution < -0.4 is 19.5 Å². The minimum absolute atomic E-state index is 0.0260. The van der Waals surface area contributed by atoms with E-state index < -0.39 is 30.1 Å². The van der Waals surface area contributed by atoms with Gasteiger partial charge < -0.3 is 29.5 Å². The van der Waals surface area contributed by atoms with Crippen LogP contribution in [0.1, 0.15) is 55.4 Å². The zero-order valence-corrected chi connectivity index (χ0v) is 34.5. The van der Waals surface area contributed by atoms with Gasteiger partial charge in [0.15, 0.2) is 17.6 Å². The number of aliphatic carboxylic acids is 1. The van der Waals surface area contributed by atoms with Crippen molar-refractivity contribution < 1.29 is 33.7 Å². The molecular formula is C49H39Cl2N3O7. The van der Waals surface area contributed by atoms with Gasteiger partial charge in [0.25, 0.3) is 5.91 Å². The lowest BCUT2D eigenvalue weighted by atomic mass is 9.91. The van der Waals surface area contributed by atoms with E-state index in [9.17, 15) is 19.5 Å². The van der Waals surface area contributed by atoms with Crippen molar-refractivity contribution in [3.63, 3.8) is 0 Å². The third-order valence-corrected chi connectivity index (χ3v) is 11.6. The third kappa shape index (κ3) is 9.34. The largest absolute Gasteiger partial charge is 0.489 e. The number of nitrogens with zero attached hydrogens (tertiary/aromatic N) is 2. The highest BCUT2D eigenvalue weighted by molar-refractivity contribution is 6.42. The first-order valence-corrected chi connectivity index (χ1v) is 20.4. The molecule has 61 heavy (non-hydrogen) atoms. The van der Waals surface area contributed by atoms with Crippen LogP contribution in [0.2, 0.25) is 10.0 Å². The molecule has 0 bridgehead atoms. The molecule has 6 aromatic carbocycles. The van der Waals surface area contributed by atoms with Gasteiger partial charge in [0.05, 0.1) is 21.7 Å². The molecule has 2 aliphatic rings. The van der Waals surface area contributed by atoms with Gasteiger partial charge in [-0.05, 0) is 107 Å². The second-order valence-corrected chi connectivity index (χ2v) is 15.9. The fourth-order valence-electron chi connectivity index (χ4n) is 7.56. The van der Waals surface area contributed by atoms with E-state index >= 15 is 0 Å². The Balaban J connectivity index is 0.985. The van der Waals surface area contributed by atoms with Crippen LogP contribution in [0.4, 0.5) is 0 Å². The average molecular weight is 853 g/mol. The Morgan fingerprint density at radius 1 is 0.852 bits per heavy atom. The summed E-state index contributed by atoms with van der Waals surface area (Å²) >= 11 is 12.2. The van der Waals surface area contributed by atoms with Gasteiger partial charge in [-0.25, -0.2) is 4.79 Å². The van der Waals surface area contributed by atoms with Crippen molar-refractivity contribution in [2.75, 3.05) is 6.61 Å². The van der Waals surface area contributed by atoms with E-state index in [1.165, 1.54) is 4.90 Å². The molecule has 6 aromatic rings. The van der Waals surface area contributed by atoms with E-state index in [1.54, 1.807) is 42.5 Å². The molecule has 0 saturated heterocycles. The number of carbonyl (C=O) groups excluding carboxylic acids is 2. The topological polar surface area (TPSA) is 138 Å². The van der Waals surface area contributed by atoms with Gasteiger partial charge in [0, 0.05) is 24.9 Å². The number of benzene rings is 6. The van der Waals surface area contributed by atoms with Crippen LogP contribution >= 0.6 is 23.2 Å². The molecule has 0 radical (unpaired) electrons. The molecule has 8 rings (SSSR count). The van der Waals surface area contributed by atoms with Crippen LogP contribution in [0.3, 0.4) is 0 Å². The maximum atomic E-state index is 14.2. The van der Waals surface area contributed by atoms with Gasteiger partial charge in [-0.3, -0.25) is 9.59 Å². The van der Waals surface area contributed by atoms with Crippen LogP contribution in [0.15, 0.2) is 127 Å². The molecule has 0 fully saturated rings. The Morgan fingerprint density at radius 2 is 1.56 bits per heavy atom. The molecule has 3 atom stereocenters. The summed E-state index contributed by atoms with van der Waals surface area (Å²) < 4.78 is 18.6. The Labute approximate surface area is 362 Å². The highest BCUT2D eigenvalue weighted by atomic mass is 35.5. The molecule has 0 aromatic heterocycles. The first kappa shape index (κ1) is 41.0. The number of carbonyl (C=O) groups is 3. The lowest BCUT2D eigenvalue weighted by molar-refractivity contribution is -0.142. The number of carboxylic acids is 1. The zero-order valence-electron chi connectivity index (χ0n) is 32.9. The third-order valence-electron chi connectivity index (χ3n) is 10.9. The normalized spacial score (nSPS) is 15.8. The lowest BCUT2D eigenvalue weighted by Gasteiger charge is -2.37. The molecule has 0 saturated carbocycles. The summed E-state index contributed by atoms with van der Waals surface area (Å²) in [6, 6.07) is 38.2. The van der Waals surface area contributed by atoms with Crippen LogP contribution in [0.5, 0.6) is 17.2 Å². The second kappa shape index (κ2) is 17.8. The number of nitriles is 1. The summed E-state index contributed by atoms with van der Waals surface area (Å²) in [5.74, 6) is -0.431. The second-order valence-electron chi connectivity index (χ2n) is 15.1. The van der Waals surface area contributed by atoms with Gasteiger partial charge in [-0.2, -0.15) is 5.26 Å². The number of rotatable bonds is 11. The average Bonchev–Trinajstić information content (AvgIpc) is 3.28. The van der Waals surface area contributed by atoms with Crippen molar-refractivity contribution in [3.05, 3.63) is 182 Å². The van der Waals surface area contributed by atoms with Gasteiger partial charge in [-0.15, -0.1) is 0 Å². The lowest BCUT2D eigenvalue weighted by Crippen LogP contribution is -2.56. The number of halogens is 2. The molecule has 2 amide bonds.